The number of aryl methyl sites for hydroxylation is 1. The van der Waals surface area contributed by atoms with Gasteiger partial charge in [0.05, 0.1) is 0 Å². The lowest BCUT2D eigenvalue weighted by atomic mass is 10.0. The summed E-state index contributed by atoms with van der Waals surface area (Å²) in [5.74, 6) is -1.31. The molecule has 0 aromatic heterocycles. The number of anilines is 1. The quantitative estimate of drug-likeness (QED) is 0.700. The normalized spacial score (nSPS) is 13.2. The monoisotopic (exact) mass is 337 g/mol. The van der Waals surface area contributed by atoms with Crippen LogP contribution in [0.1, 0.15) is 42.2 Å². The van der Waals surface area contributed by atoms with Gasteiger partial charge in [-0.25, -0.2) is 4.39 Å². The van der Waals surface area contributed by atoms with Crippen LogP contribution in [0.2, 0.25) is 0 Å². The highest BCUT2D eigenvalue weighted by molar-refractivity contribution is 7.52. The third-order valence-corrected chi connectivity index (χ3v) is 4.83. The minimum absolute atomic E-state index is 0.328. The molecule has 6 heteroatoms. The van der Waals surface area contributed by atoms with E-state index in [0.29, 0.717) is 22.7 Å². The summed E-state index contributed by atoms with van der Waals surface area (Å²) in [6.45, 7) is 5.72. The van der Waals surface area contributed by atoms with Gasteiger partial charge in [-0.3, -0.25) is 4.57 Å². The van der Waals surface area contributed by atoms with Crippen LogP contribution in [-0.2, 0) is 4.57 Å². The molecule has 0 aliphatic rings. The molecule has 0 bridgehead atoms. The summed E-state index contributed by atoms with van der Waals surface area (Å²) in [7, 11) is -4.46. The maximum Gasteiger partial charge on any atom is 0.352 e. The summed E-state index contributed by atoms with van der Waals surface area (Å²) in [5, 5.41) is 2.75. The molecule has 0 saturated heterocycles. The maximum absolute atomic E-state index is 13.6. The van der Waals surface area contributed by atoms with Gasteiger partial charge < -0.3 is 15.1 Å². The summed E-state index contributed by atoms with van der Waals surface area (Å²) >= 11 is 0. The van der Waals surface area contributed by atoms with Crippen LogP contribution in [-0.4, -0.2) is 9.79 Å². The van der Waals surface area contributed by atoms with E-state index in [9.17, 15) is 18.7 Å². The molecular weight excluding hydrogens is 316 g/mol. The summed E-state index contributed by atoms with van der Waals surface area (Å²) in [5.41, 5.74) is 2.35. The van der Waals surface area contributed by atoms with Crippen LogP contribution in [0.4, 0.5) is 10.1 Å². The van der Waals surface area contributed by atoms with E-state index in [2.05, 4.69) is 5.32 Å². The van der Waals surface area contributed by atoms with Crippen molar-refractivity contribution in [2.45, 2.75) is 32.5 Å². The van der Waals surface area contributed by atoms with Crippen molar-refractivity contribution in [3.63, 3.8) is 0 Å². The molecule has 0 spiro atoms. The predicted molar refractivity (Wildman–Crippen MR) is 90.1 cm³/mol. The summed E-state index contributed by atoms with van der Waals surface area (Å²) in [6, 6.07) is 11.5. The van der Waals surface area contributed by atoms with Crippen molar-refractivity contribution < 1.29 is 18.7 Å². The van der Waals surface area contributed by atoms with Gasteiger partial charge in [0.1, 0.15) is 5.82 Å². The third-order valence-electron chi connectivity index (χ3n) is 3.73. The first-order chi connectivity index (χ1) is 10.7. The van der Waals surface area contributed by atoms with Crippen LogP contribution in [0.5, 0.6) is 0 Å². The van der Waals surface area contributed by atoms with Crippen LogP contribution in [0.3, 0.4) is 0 Å². The van der Waals surface area contributed by atoms with Crippen LogP contribution in [0.15, 0.2) is 42.5 Å². The Morgan fingerprint density at radius 2 is 1.61 bits per heavy atom. The van der Waals surface area contributed by atoms with E-state index in [-0.39, 0.29) is 0 Å². The van der Waals surface area contributed by atoms with Crippen molar-refractivity contribution >= 4 is 13.3 Å². The number of benzene rings is 2. The van der Waals surface area contributed by atoms with Crippen LogP contribution >= 0.6 is 7.60 Å². The van der Waals surface area contributed by atoms with Crippen molar-refractivity contribution in [1.82, 2.24) is 0 Å². The highest BCUT2D eigenvalue weighted by atomic mass is 31.2. The molecule has 0 aliphatic carbocycles. The Balaban J connectivity index is 2.34. The second-order valence-corrected chi connectivity index (χ2v) is 7.62. The van der Waals surface area contributed by atoms with Gasteiger partial charge in [-0.05, 0) is 41.7 Å². The number of hydrogen-bond donors (Lipinski definition) is 3. The molecule has 2 rings (SSSR count). The van der Waals surface area contributed by atoms with E-state index < -0.39 is 19.2 Å². The number of rotatable bonds is 5. The van der Waals surface area contributed by atoms with Crippen LogP contribution in [0, 0.1) is 12.7 Å². The highest BCUT2D eigenvalue weighted by Gasteiger charge is 2.30. The third kappa shape index (κ3) is 4.41. The standard InChI is InChI=1S/C17H21FNO3P/c1-11(2)13-5-7-14(8-6-13)17(23(20,21)22)19-15-9-4-12(3)16(18)10-15/h4-11,17,19H,1-3H3,(H2,20,21,22)/t17-/m0/s1. The van der Waals surface area contributed by atoms with Gasteiger partial charge in [0, 0.05) is 5.69 Å². The van der Waals surface area contributed by atoms with E-state index in [0.717, 1.165) is 5.56 Å². The Morgan fingerprint density at radius 1 is 1.04 bits per heavy atom. The molecule has 0 heterocycles. The second-order valence-electron chi connectivity index (χ2n) is 5.92. The van der Waals surface area contributed by atoms with Crippen LogP contribution < -0.4 is 5.32 Å². The molecule has 0 saturated carbocycles. The smallest absolute Gasteiger partial charge is 0.352 e. The van der Waals surface area contributed by atoms with Crippen molar-refractivity contribution in [3.05, 3.63) is 65.0 Å². The molecule has 0 unspecified atom stereocenters. The first kappa shape index (κ1) is 17.7. The van der Waals surface area contributed by atoms with E-state index >= 15 is 0 Å². The van der Waals surface area contributed by atoms with E-state index in [4.69, 9.17) is 0 Å². The Labute approximate surface area is 135 Å². The van der Waals surface area contributed by atoms with Gasteiger partial charge in [-0.1, -0.05) is 44.2 Å². The average Bonchev–Trinajstić information content (AvgIpc) is 2.47. The maximum atomic E-state index is 13.6. The zero-order valence-corrected chi connectivity index (χ0v) is 14.2. The van der Waals surface area contributed by atoms with Gasteiger partial charge in [-0.15, -0.1) is 0 Å². The van der Waals surface area contributed by atoms with E-state index in [1.807, 2.05) is 26.0 Å². The summed E-state index contributed by atoms with van der Waals surface area (Å²) in [4.78, 5) is 19.3. The Bertz CT molecular complexity index is 725. The van der Waals surface area contributed by atoms with Gasteiger partial charge in [0.25, 0.3) is 0 Å². The SMILES string of the molecule is Cc1ccc(N[C@H](c2ccc(C(C)C)cc2)P(=O)(O)O)cc1F. The zero-order chi connectivity index (χ0) is 17.2. The molecule has 0 fully saturated rings. The zero-order valence-electron chi connectivity index (χ0n) is 13.3. The molecule has 124 valence electrons. The van der Waals surface area contributed by atoms with Crippen molar-refractivity contribution in [1.29, 1.82) is 0 Å². The fourth-order valence-electron chi connectivity index (χ4n) is 2.27. The van der Waals surface area contributed by atoms with Crippen molar-refractivity contribution in [3.8, 4) is 0 Å². The predicted octanol–water partition coefficient (Wildman–Crippen LogP) is 4.55. The molecule has 2 aromatic rings. The highest BCUT2D eigenvalue weighted by Crippen LogP contribution is 2.51. The fraction of sp³-hybridized carbons (Fsp3) is 0.294. The first-order valence-corrected chi connectivity index (χ1v) is 9.04. The van der Waals surface area contributed by atoms with E-state index in [1.54, 1.807) is 31.2 Å². The molecule has 0 radical (unpaired) electrons. The molecule has 0 amide bonds. The van der Waals surface area contributed by atoms with Crippen molar-refractivity contribution in [2.75, 3.05) is 5.32 Å². The Morgan fingerprint density at radius 3 is 2.09 bits per heavy atom. The second kappa shape index (κ2) is 6.83. The number of halogens is 1. The Kier molecular flexibility index (Phi) is 5.25. The molecule has 4 nitrogen and oxygen atoms in total. The van der Waals surface area contributed by atoms with Gasteiger partial charge in [-0.2, -0.15) is 0 Å². The first-order valence-electron chi connectivity index (χ1n) is 7.36. The number of nitrogens with one attached hydrogen (secondary N) is 1. The van der Waals surface area contributed by atoms with Crippen molar-refractivity contribution in [2.24, 2.45) is 0 Å². The topological polar surface area (TPSA) is 69.6 Å². The molecule has 3 N–H and O–H groups in total. The summed E-state index contributed by atoms with van der Waals surface area (Å²) < 4.78 is 25.5. The molecule has 23 heavy (non-hydrogen) atoms. The van der Waals surface area contributed by atoms with Gasteiger partial charge in [0.2, 0.25) is 0 Å². The summed E-state index contributed by atoms with van der Waals surface area (Å²) in [6.07, 6.45) is 0. The molecule has 0 aliphatic heterocycles. The van der Waals surface area contributed by atoms with Gasteiger partial charge >= 0.3 is 7.60 Å². The minimum Gasteiger partial charge on any atom is -0.368 e. The lowest BCUT2D eigenvalue weighted by molar-refractivity contribution is 0.363. The minimum atomic E-state index is -4.46. The van der Waals surface area contributed by atoms with Gasteiger partial charge in [0.15, 0.2) is 5.78 Å². The molecule has 2 aromatic carbocycles. The average molecular weight is 337 g/mol. The fourth-order valence-corrected chi connectivity index (χ4v) is 3.14. The van der Waals surface area contributed by atoms with E-state index in [1.165, 1.54) is 6.07 Å². The lowest BCUT2D eigenvalue weighted by Gasteiger charge is -2.22. The van der Waals surface area contributed by atoms with Crippen LogP contribution in [0.25, 0.3) is 0 Å². The molecule has 1 atom stereocenters. The molecular formula is C17H21FNO3P. The Hall–Kier alpha value is -1.68. The number of hydrogen-bond acceptors (Lipinski definition) is 2. The largest absolute Gasteiger partial charge is 0.368 e. The lowest BCUT2D eigenvalue weighted by Crippen LogP contribution is -2.11.